The number of nitrogens with two attached hydrogens (primary N) is 2. The van der Waals surface area contributed by atoms with Crippen LogP contribution >= 0.6 is 0 Å². The standard InChI is InChI=1S/C19H18FN5O3/c1-9-5-11(6-10(2)17(9)26)13-4-3-12(7-14(13)20)25-8-15(23-19(22)28)16(24-25)18(21)27/h3-8,26H,1-2H3,(H2,21,27)(H3,22,23,28). The molecule has 0 aliphatic heterocycles. The molecule has 0 bridgehead atoms. The Bertz CT molecular complexity index is 1080. The van der Waals surface area contributed by atoms with Crippen LogP contribution in [0.15, 0.2) is 36.5 Å². The lowest BCUT2D eigenvalue weighted by molar-refractivity contribution is 0.0996. The van der Waals surface area contributed by atoms with Gasteiger partial charge in [0.1, 0.15) is 11.6 Å². The molecule has 0 spiro atoms. The number of aromatic hydroxyl groups is 1. The fraction of sp³-hybridized carbons (Fsp3) is 0.105. The molecule has 0 aliphatic rings. The van der Waals surface area contributed by atoms with Gasteiger partial charge in [0.25, 0.3) is 5.91 Å². The van der Waals surface area contributed by atoms with E-state index in [0.717, 1.165) is 0 Å². The number of amides is 3. The molecule has 6 N–H and O–H groups in total. The number of hydrogen-bond acceptors (Lipinski definition) is 4. The molecule has 9 heteroatoms. The zero-order valence-corrected chi connectivity index (χ0v) is 15.2. The number of carbonyl (C=O) groups is 2. The first-order valence-electron chi connectivity index (χ1n) is 8.24. The number of aryl methyl sites for hydroxylation is 2. The monoisotopic (exact) mass is 383 g/mol. The number of nitrogens with zero attached hydrogens (tertiary/aromatic N) is 2. The second kappa shape index (κ2) is 7.03. The van der Waals surface area contributed by atoms with Gasteiger partial charge in [0.15, 0.2) is 5.69 Å². The van der Waals surface area contributed by atoms with Gasteiger partial charge in [0.05, 0.1) is 17.6 Å². The highest BCUT2D eigenvalue weighted by Gasteiger charge is 2.17. The molecule has 1 heterocycles. The predicted molar refractivity (Wildman–Crippen MR) is 102 cm³/mol. The smallest absolute Gasteiger partial charge is 0.316 e. The summed E-state index contributed by atoms with van der Waals surface area (Å²) in [6, 6.07) is 6.88. The van der Waals surface area contributed by atoms with Crippen LogP contribution in [0, 0.1) is 19.7 Å². The quantitative estimate of drug-likeness (QED) is 0.550. The number of carbonyl (C=O) groups excluding carboxylic acids is 2. The van der Waals surface area contributed by atoms with Crippen molar-refractivity contribution in [3.63, 3.8) is 0 Å². The molecular weight excluding hydrogens is 365 g/mol. The Balaban J connectivity index is 2.04. The number of aromatic nitrogens is 2. The van der Waals surface area contributed by atoms with Crippen LogP contribution in [0.4, 0.5) is 14.9 Å². The highest BCUT2D eigenvalue weighted by Crippen LogP contribution is 2.31. The number of primary amides is 2. The zero-order valence-electron chi connectivity index (χ0n) is 15.2. The third-order valence-corrected chi connectivity index (χ3v) is 4.22. The molecule has 0 saturated heterocycles. The minimum Gasteiger partial charge on any atom is -0.507 e. The Labute approximate surface area is 159 Å². The van der Waals surface area contributed by atoms with Gasteiger partial charge in [-0.3, -0.25) is 4.79 Å². The number of halogens is 1. The molecule has 3 amide bonds. The van der Waals surface area contributed by atoms with Gasteiger partial charge in [-0.1, -0.05) is 0 Å². The molecule has 1 aromatic heterocycles. The largest absolute Gasteiger partial charge is 0.507 e. The van der Waals surface area contributed by atoms with E-state index in [1.54, 1.807) is 38.1 Å². The van der Waals surface area contributed by atoms with E-state index in [4.69, 9.17) is 11.5 Å². The van der Waals surface area contributed by atoms with Gasteiger partial charge in [-0.25, -0.2) is 13.9 Å². The van der Waals surface area contributed by atoms with E-state index in [0.29, 0.717) is 27.9 Å². The van der Waals surface area contributed by atoms with E-state index < -0.39 is 17.8 Å². The van der Waals surface area contributed by atoms with Crippen LogP contribution in [0.1, 0.15) is 21.6 Å². The van der Waals surface area contributed by atoms with Gasteiger partial charge < -0.3 is 21.9 Å². The summed E-state index contributed by atoms with van der Waals surface area (Å²) in [5.74, 6) is -1.22. The van der Waals surface area contributed by atoms with Crippen molar-refractivity contribution in [2.75, 3.05) is 5.32 Å². The maximum Gasteiger partial charge on any atom is 0.316 e. The minimum atomic E-state index is -0.887. The molecular formula is C19H18FN5O3. The first kappa shape index (κ1) is 18.9. The second-order valence-corrected chi connectivity index (χ2v) is 6.31. The molecule has 3 aromatic rings. The third kappa shape index (κ3) is 3.50. The summed E-state index contributed by atoms with van der Waals surface area (Å²) in [4.78, 5) is 22.6. The average Bonchev–Trinajstić information content (AvgIpc) is 3.02. The number of hydrogen-bond donors (Lipinski definition) is 4. The van der Waals surface area contributed by atoms with Gasteiger partial charge in [0.2, 0.25) is 0 Å². The maximum atomic E-state index is 14.8. The van der Waals surface area contributed by atoms with E-state index in [-0.39, 0.29) is 17.1 Å². The Hall–Kier alpha value is -3.88. The van der Waals surface area contributed by atoms with E-state index in [1.807, 2.05) is 0 Å². The van der Waals surface area contributed by atoms with Crippen LogP contribution in [0.2, 0.25) is 0 Å². The average molecular weight is 383 g/mol. The van der Waals surface area contributed by atoms with Crippen LogP contribution in [-0.4, -0.2) is 26.8 Å². The lowest BCUT2D eigenvalue weighted by Crippen LogP contribution is -2.22. The van der Waals surface area contributed by atoms with Crippen molar-refractivity contribution < 1.29 is 19.1 Å². The summed E-state index contributed by atoms with van der Waals surface area (Å²) in [7, 11) is 0. The van der Waals surface area contributed by atoms with Gasteiger partial charge in [-0.05, 0) is 54.8 Å². The Kier molecular flexibility index (Phi) is 4.74. The molecule has 0 radical (unpaired) electrons. The van der Waals surface area contributed by atoms with Crippen molar-refractivity contribution in [1.29, 1.82) is 0 Å². The number of phenols is 1. The van der Waals surface area contributed by atoms with Crippen molar-refractivity contribution in [3.8, 4) is 22.6 Å². The first-order valence-corrected chi connectivity index (χ1v) is 8.24. The summed E-state index contributed by atoms with van der Waals surface area (Å²) in [5.41, 5.74) is 12.7. The highest BCUT2D eigenvalue weighted by atomic mass is 19.1. The normalized spacial score (nSPS) is 10.7. The molecule has 3 rings (SSSR count). The fourth-order valence-electron chi connectivity index (χ4n) is 2.90. The minimum absolute atomic E-state index is 0.0225. The molecule has 0 aliphatic carbocycles. The van der Waals surface area contributed by atoms with Crippen molar-refractivity contribution in [2.45, 2.75) is 13.8 Å². The highest BCUT2D eigenvalue weighted by molar-refractivity contribution is 6.00. The number of urea groups is 1. The third-order valence-electron chi connectivity index (χ3n) is 4.22. The lowest BCUT2D eigenvalue weighted by Gasteiger charge is -2.10. The number of rotatable bonds is 4. The zero-order chi connectivity index (χ0) is 20.6. The molecule has 0 fully saturated rings. The Morgan fingerprint density at radius 2 is 1.79 bits per heavy atom. The van der Waals surface area contributed by atoms with Gasteiger partial charge in [0, 0.05) is 11.6 Å². The van der Waals surface area contributed by atoms with Gasteiger partial charge in [-0.2, -0.15) is 5.10 Å². The number of anilines is 1. The predicted octanol–water partition coefficient (Wildman–Crippen LogP) is 2.59. The first-order chi connectivity index (χ1) is 13.2. The summed E-state index contributed by atoms with van der Waals surface area (Å²) in [5, 5.41) is 16.1. The van der Waals surface area contributed by atoms with Crippen LogP contribution in [0.5, 0.6) is 5.75 Å². The molecule has 28 heavy (non-hydrogen) atoms. The molecule has 8 nitrogen and oxygen atoms in total. The molecule has 0 unspecified atom stereocenters. The van der Waals surface area contributed by atoms with Crippen molar-refractivity contribution >= 4 is 17.6 Å². The van der Waals surface area contributed by atoms with E-state index in [2.05, 4.69) is 10.4 Å². The summed E-state index contributed by atoms with van der Waals surface area (Å²) in [6.07, 6.45) is 1.31. The Morgan fingerprint density at radius 3 is 2.32 bits per heavy atom. The van der Waals surface area contributed by atoms with E-state index in [1.165, 1.54) is 16.9 Å². The SMILES string of the molecule is Cc1cc(-c2ccc(-n3cc(NC(N)=O)c(C(N)=O)n3)cc2F)cc(C)c1O. The van der Waals surface area contributed by atoms with E-state index >= 15 is 0 Å². The van der Waals surface area contributed by atoms with Crippen LogP contribution in [0.3, 0.4) is 0 Å². The second-order valence-electron chi connectivity index (χ2n) is 6.31. The number of nitrogens with one attached hydrogen (secondary N) is 1. The van der Waals surface area contributed by atoms with Crippen molar-refractivity contribution in [2.24, 2.45) is 11.5 Å². The molecule has 0 saturated carbocycles. The summed E-state index contributed by atoms with van der Waals surface area (Å²) in [6.45, 7) is 3.47. The Morgan fingerprint density at radius 1 is 1.14 bits per heavy atom. The number of benzene rings is 2. The number of phenolic OH excluding ortho intramolecular Hbond substituents is 1. The van der Waals surface area contributed by atoms with Gasteiger partial charge >= 0.3 is 6.03 Å². The fourth-order valence-corrected chi connectivity index (χ4v) is 2.90. The lowest BCUT2D eigenvalue weighted by atomic mass is 9.99. The van der Waals surface area contributed by atoms with Crippen molar-refractivity contribution in [1.82, 2.24) is 9.78 Å². The van der Waals surface area contributed by atoms with Crippen LogP contribution in [0.25, 0.3) is 16.8 Å². The molecule has 0 atom stereocenters. The van der Waals surface area contributed by atoms with Crippen molar-refractivity contribution in [3.05, 3.63) is 59.2 Å². The topological polar surface area (TPSA) is 136 Å². The summed E-state index contributed by atoms with van der Waals surface area (Å²) >= 11 is 0. The molecule has 2 aromatic carbocycles. The maximum absolute atomic E-state index is 14.8. The van der Waals surface area contributed by atoms with Crippen LogP contribution < -0.4 is 16.8 Å². The molecule has 144 valence electrons. The van der Waals surface area contributed by atoms with Crippen LogP contribution in [-0.2, 0) is 0 Å². The van der Waals surface area contributed by atoms with Gasteiger partial charge in [-0.15, -0.1) is 0 Å². The van der Waals surface area contributed by atoms with E-state index in [9.17, 15) is 19.1 Å². The summed E-state index contributed by atoms with van der Waals surface area (Å²) < 4.78 is 16.0.